The molecule has 0 aliphatic heterocycles. The fourth-order valence-electron chi connectivity index (χ4n) is 3.83. The van der Waals surface area contributed by atoms with E-state index in [1.165, 1.54) is 25.3 Å². The van der Waals surface area contributed by atoms with Crippen LogP contribution in [-0.2, 0) is 20.8 Å². The lowest BCUT2D eigenvalue weighted by molar-refractivity contribution is -0.118. The Morgan fingerprint density at radius 2 is 1.61 bits per heavy atom. The minimum Gasteiger partial charge on any atom is -0.497 e. The van der Waals surface area contributed by atoms with Crippen LogP contribution in [0.2, 0.25) is 0 Å². The zero-order valence-electron chi connectivity index (χ0n) is 22.2. The van der Waals surface area contributed by atoms with Crippen molar-refractivity contribution in [2.24, 2.45) is 0 Å². The summed E-state index contributed by atoms with van der Waals surface area (Å²) in [6.07, 6.45) is 0. The van der Waals surface area contributed by atoms with Gasteiger partial charge in [-0.15, -0.1) is 0 Å². The first kappa shape index (κ1) is 28.3. The fourth-order valence-corrected chi connectivity index (χ4v) is 3.83. The maximum atomic E-state index is 12.7. The van der Waals surface area contributed by atoms with Crippen LogP contribution in [0.1, 0.15) is 32.1 Å². The van der Waals surface area contributed by atoms with Gasteiger partial charge in [0.2, 0.25) is 5.78 Å². The van der Waals surface area contributed by atoms with E-state index < -0.39 is 12.6 Å². The largest absolute Gasteiger partial charge is 0.497 e. The summed E-state index contributed by atoms with van der Waals surface area (Å²) < 4.78 is 28.3. The Bertz CT molecular complexity index is 1280. The number of aromatic nitrogens is 1. The summed E-state index contributed by atoms with van der Waals surface area (Å²) in [5.41, 5.74) is 2.99. The minimum absolute atomic E-state index is 0.176. The smallest absolute Gasteiger partial charge is 0.338 e. The van der Waals surface area contributed by atoms with Gasteiger partial charge in [-0.05, 0) is 62.4 Å². The van der Waals surface area contributed by atoms with Crippen LogP contribution in [-0.4, -0.2) is 63.4 Å². The van der Waals surface area contributed by atoms with E-state index in [4.69, 9.17) is 23.7 Å². The number of hydrogen-bond donors (Lipinski definition) is 1. The van der Waals surface area contributed by atoms with Crippen molar-refractivity contribution in [3.63, 3.8) is 0 Å². The van der Waals surface area contributed by atoms with Gasteiger partial charge in [0.05, 0.1) is 26.4 Å². The van der Waals surface area contributed by atoms with Crippen molar-refractivity contribution in [3.05, 3.63) is 71.0 Å². The summed E-state index contributed by atoms with van der Waals surface area (Å²) in [5, 5.41) is 2.72. The third-order valence-corrected chi connectivity index (χ3v) is 5.86. The number of methoxy groups -OCH3 is 3. The first-order chi connectivity index (χ1) is 18.3. The van der Waals surface area contributed by atoms with E-state index in [-0.39, 0.29) is 35.4 Å². The molecule has 1 aromatic heterocycles. The highest BCUT2D eigenvalue weighted by molar-refractivity contribution is 6.00. The van der Waals surface area contributed by atoms with Crippen LogP contribution in [0.15, 0.2) is 48.5 Å². The van der Waals surface area contributed by atoms with Crippen LogP contribution >= 0.6 is 0 Å². The van der Waals surface area contributed by atoms with Crippen LogP contribution in [0, 0.1) is 13.8 Å². The van der Waals surface area contributed by atoms with Crippen molar-refractivity contribution in [2.75, 3.05) is 46.5 Å². The molecule has 3 rings (SSSR count). The number of ketones is 1. The number of nitrogens with one attached hydrogen (secondary N) is 1. The average molecular weight is 525 g/mol. The normalized spacial score (nSPS) is 10.6. The minimum atomic E-state index is -0.686. The summed E-state index contributed by atoms with van der Waals surface area (Å²) in [4.78, 5) is 37.6. The van der Waals surface area contributed by atoms with E-state index in [1.807, 2.05) is 18.4 Å². The number of rotatable bonds is 13. The van der Waals surface area contributed by atoms with E-state index >= 15 is 0 Å². The molecule has 0 radical (unpaired) electrons. The lowest BCUT2D eigenvalue weighted by Gasteiger charge is -2.12. The van der Waals surface area contributed by atoms with Crippen molar-refractivity contribution in [1.29, 1.82) is 0 Å². The first-order valence-corrected chi connectivity index (χ1v) is 11.9. The van der Waals surface area contributed by atoms with Crippen molar-refractivity contribution in [2.45, 2.75) is 20.4 Å². The van der Waals surface area contributed by atoms with Crippen LogP contribution in [0.5, 0.6) is 17.2 Å². The standard InChI is InChI=1S/C28H32N2O8/c1-18-14-23(19(2)30(18)12-13-34-3)24(31)16-38-28(33)20-6-11-25(26(15-20)36-5)37-17-27(32)29-21-7-9-22(35-4)10-8-21/h6-11,14-15H,12-13,16-17H2,1-5H3,(H,29,32). The predicted molar refractivity (Wildman–Crippen MR) is 141 cm³/mol. The summed E-state index contributed by atoms with van der Waals surface area (Å²) >= 11 is 0. The molecule has 0 aliphatic carbocycles. The molecule has 1 amide bonds. The number of aryl methyl sites for hydroxylation is 1. The quantitative estimate of drug-likeness (QED) is 0.265. The number of benzene rings is 2. The number of anilines is 1. The van der Waals surface area contributed by atoms with Crippen molar-refractivity contribution < 1.29 is 38.1 Å². The number of esters is 1. The Balaban J connectivity index is 1.57. The monoisotopic (exact) mass is 524 g/mol. The Hall–Kier alpha value is -4.31. The second-order valence-corrected chi connectivity index (χ2v) is 8.36. The first-order valence-electron chi connectivity index (χ1n) is 11.9. The Kier molecular flexibility index (Phi) is 9.89. The molecule has 0 fully saturated rings. The van der Waals surface area contributed by atoms with Crippen LogP contribution in [0.3, 0.4) is 0 Å². The molecule has 1 N–H and O–H groups in total. The molecule has 3 aromatic rings. The van der Waals surface area contributed by atoms with Gasteiger partial charge in [-0.2, -0.15) is 0 Å². The molecule has 0 aliphatic rings. The van der Waals surface area contributed by atoms with Gasteiger partial charge < -0.3 is 33.6 Å². The van der Waals surface area contributed by atoms with Gasteiger partial charge in [-0.1, -0.05) is 0 Å². The van der Waals surface area contributed by atoms with Gasteiger partial charge in [0.1, 0.15) is 5.75 Å². The number of carbonyl (C=O) groups is 3. The van der Waals surface area contributed by atoms with Gasteiger partial charge in [0.25, 0.3) is 5.91 Å². The summed E-state index contributed by atoms with van der Waals surface area (Å²) in [6.45, 7) is 4.22. The Morgan fingerprint density at radius 1 is 0.868 bits per heavy atom. The molecule has 0 unspecified atom stereocenters. The molecule has 38 heavy (non-hydrogen) atoms. The second kappa shape index (κ2) is 13.3. The van der Waals surface area contributed by atoms with Crippen molar-refractivity contribution >= 4 is 23.3 Å². The fraction of sp³-hybridized carbons (Fsp3) is 0.321. The Morgan fingerprint density at radius 3 is 2.26 bits per heavy atom. The molecule has 0 atom stereocenters. The summed E-state index contributed by atoms with van der Waals surface area (Å²) in [6, 6.07) is 13.1. The average Bonchev–Trinajstić information content (AvgIpc) is 3.22. The van der Waals surface area contributed by atoms with Crippen LogP contribution in [0.4, 0.5) is 5.69 Å². The SMILES string of the molecule is COCCn1c(C)cc(C(=O)COC(=O)c2ccc(OCC(=O)Nc3ccc(OC)cc3)c(OC)c2)c1C. The number of hydrogen-bond acceptors (Lipinski definition) is 8. The molecule has 0 bridgehead atoms. The molecule has 0 saturated carbocycles. The van der Waals surface area contributed by atoms with Crippen molar-refractivity contribution in [3.8, 4) is 17.2 Å². The lowest BCUT2D eigenvalue weighted by Crippen LogP contribution is -2.20. The highest BCUT2D eigenvalue weighted by Crippen LogP contribution is 2.28. The van der Waals surface area contributed by atoms with Gasteiger partial charge >= 0.3 is 5.97 Å². The molecule has 2 aromatic carbocycles. The summed E-state index contributed by atoms with van der Waals surface area (Å²) in [5.74, 6) is -0.174. The lowest BCUT2D eigenvalue weighted by atomic mass is 10.1. The van der Waals surface area contributed by atoms with E-state index in [9.17, 15) is 14.4 Å². The maximum absolute atomic E-state index is 12.7. The van der Waals surface area contributed by atoms with E-state index in [1.54, 1.807) is 44.6 Å². The van der Waals surface area contributed by atoms with Crippen LogP contribution in [0.25, 0.3) is 0 Å². The van der Waals surface area contributed by atoms with Crippen molar-refractivity contribution in [1.82, 2.24) is 4.57 Å². The van der Waals surface area contributed by atoms with Crippen LogP contribution < -0.4 is 19.5 Å². The molecule has 202 valence electrons. The molecule has 1 heterocycles. The third kappa shape index (κ3) is 7.13. The molecule has 10 heteroatoms. The third-order valence-electron chi connectivity index (χ3n) is 5.86. The molecular weight excluding hydrogens is 492 g/mol. The topological polar surface area (TPSA) is 114 Å². The number of nitrogens with zero attached hydrogens (tertiary/aromatic N) is 1. The van der Waals surface area contributed by atoms with Gasteiger partial charge in [-0.3, -0.25) is 9.59 Å². The molecule has 0 spiro atoms. The van der Waals surface area contributed by atoms with E-state index in [0.29, 0.717) is 30.2 Å². The Labute approximate surface area is 221 Å². The number of carbonyl (C=O) groups excluding carboxylic acids is 3. The van der Waals surface area contributed by atoms with E-state index in [2.05, 4.69) is 5.32 Å². The molecular formula is C28H32N2O8. The second-order valence-electron chi connectivity index (χ2n) is 8.36. The zero-order chi connectivity index (χ0) is 27.7. The zero-order valence-corrected chi connectivity index (χ0v) is 22.2. The van der Waals surface area contributed by atoms with E-state index in [0.717, 1.165) is 11.4 Å². The predicted octanol–water partition coefficient (Wildman–Crippen LogP) is 3.83. The maximum Gasteiger partial charge on any atom is 0.338 e. The van der Waals surface area contributed by atoms with Gasteiger partial charge in [0.15, 0.2) is 24.7 Å². The highest BCUT2D eigenvalue weighted by Gasteiger charge is 2.19. The number of ether oxygens (including phenoxy) is 5. The van der Waals surface area contributed by atoms with Gasteiger partial charge in [-0.25, -0.2) is 4.79 Å². The summed E-state index contributed by atoms with van der Waals surface area (Å²) in [7, 11) is 4.59. The highest BCUT2D eigenvalue weighted by atomic mass is 16.5. The molecule has 0 saturated heterocycles. The number of amides is 1. The number of Topliss-reactive ketones (excluding diaryl/α,β-unsaturated/α-hetero) is 1. The van der Waals surface area contributed by atoms with Gasteiger partial charge in [0, 0.05) is 36.3 Å². The molecule has 10 nitrogen and oxygen atoms in total.